The molecule has 88 valence electrons. The summed E-state index contributed by atoms with van der Waals surface area (Å²) in [6, 6.07) is 4.21. The molecule has 4 heteroatoms. The highest BCUT2D eigenvalue weighted by Gasteiger charge is 2.16. The quantitative estimate of drug-likeness (QED) is 0.855. The van der Waals surface area contributed by atoms with E-state index in [4.69, 9.17) is 14.6 Å². The Morgan fingerprint density at radius 1 is 1.38 bits per heavy atom. The number of halogens is 1. The molecule has 16 heavy (non-hydrogen) atoms. The third kappa shape index (κ3) is 2.71. The van der Waals surface area contributed by atoms with E-state index in [9.17, 15) is 4.39 Å². The van der Waals surface area contributed by atoms with Crippen LogP contribution in [0.2, 0.25) is 0 Å². The van der Waals surface area contributed by atoms with Gasteiger partial charge in [0, 0.05) is 18.4 Å². The molecule has 1 aliphatic heterocycles. The normalized spacial score (nSPS) is 17.4. The van der Waals surface area contributed by atoms with Crippen molar-refractivity contribution in [2.24, 2.45) is 0 Å². The number of aliphatic hydroxyl groups excluding tert-OH is 1. The van der Waals surface area contributed by atoms with Crippen molar-refractivity contribution in [3.05, 3.63) is 29.6 Å². The van der Waals surface area contributed by atoms with E-state index in [0.29, 0.717) is 24.5 Å². The van der Waals surface area contributed by atoms with Crippen LogP contribution in [0.4, 0.5) is 4.39 Å². The second kappa shape index (κ2) is 5.27. The molecule has 0 radical (unpaired) electrons. The first-order chi connectivity index (χ1) is 7.79. The van der Waals surface area contributed by atoms with Crippen LogP contribution in [-0.4, -0.2) is 24.4 Å². The molecule has 1 N–H and O–H groups in total. The Morgan fingerprint density at radius 3 is 2.81 bits per heavy atom. The van der Waals surface area contributed by atoms with Gasteiger partial charge < -0.3 is 14.6 Å². The summed E-state index contributed by atoms with van der Waals surface area (Å²) in [5.41, 5.74) is 0.492. The molecule has 0 bridgehead atoms. The second-order valence-corrected chi connectivity index (χ2v) is 3.84. The van der Waals surface area contributed by atoms with Crippen LogP contribution in [0.5, 0.6) is 5.75 Å². The van der Waals surface area contributed by atoms with Crippen molar-refractivity contribution in [3.63, 3.8) is 0 Å². The molecule has 0 spiro atoms. The third-order valence-corrected chi connectivity index (χ3v) is 2.65. The van der Waals surface area contributed by atoms with Crippen molar-refractivity contribution in [1.29, 1.82) is 0 Å². The molecule has 2 rings (SSSR count). The van der Waals surface area contributed by atoms with E-state index in [-0.39, 0.29) is 18.5 Å². The largest absolute Gasteiger partial charge is 0.490 e. The fourth-order valence-electron chi connectivity index (χ4n) is 1.76. The topological polar surface area (TPSA) is 38.7 Å². The van der Waals surface area contributed by atoms with Crippen LogP contribution in [-0.2, 0) is 11.3 Å². The average molecular weight is 226 g/mol. The minimum atomic E-state index is -0.358. The molecule has 0 aromatic heterocycles. The molecule has 0 unspecified atom stereocenters. The molecule has 1 fully saturated rings. The molecule has 1 saturated heterocycles. The molecular weight excluding hydrogens is 211 g/mol. The van der Waals surface area contributed by atoms with E-state index in [0.717, 1.165) is 12.8 Å². The van der Waals surface area contributed by atoms with E-state index in [1.807, 2.05) is 0 Å². The molecular formula is C12H15FO3. The molecule has 1 aliphatic rings. The van der Waals surface area contributed by atoms with Crippen molar-refractivity contribution >= 4 is 0 Å². The molecule has 1 aromatic rings. The first-order valence-corrected chi connectivity index (χ1v) is 5.43. The molecule has 0 aliphatic carbocycles. The summed E-state index contributed by atoms with van der Waals surface area (Å²) in [6.45, 7) is 1.18. The minimum absolute atomic E-state index is 0.101. The van der Waals surface area contributed by atoms with E-state index in [2.05, 4.69) is 0 Å². The number of hydrogen-bond acceptors (Lipinski definition) is 3. The van der Waals surface area contributed by atoms with Crippen molar-refractivity contribution < 1.29 is 19.0 Å². The molecule has 1 aromatic carbocycles. The second-order valence-electron chi connectivity index (χ2n) is 3.84. The van der Waals surface area contributed by atoms with Gasteiger partial charge >= 0.3 is 0 Å². The van der Waals surface area contributed by atoms with Gasteiger partial charge in [0.25, 0.3) is 0 Å². The summed E-state index contributed by atoms with van der Waals surface area (Å²) in [4.78, 5) is 0. The van der Waals surface area contributed by atoms with Gasteiger partial charge in [-0.15, -0.1) is 0 Å². The number of rotatable bonds is 3. The Balaban J connectivity index is 2.07. The first-order valence-electron chi connectivity index (χ1n) is 5.43. The molecule has 3 nitrogen and oxygen atoms in total. The predicted octanol–water partition coefficient (Wildman–Crippen LogP) is 1.88. The molecule has 0 atom stereocenters. The number of ether oxygens (including phenoxy) is 2. The van der Waals surface area contributed by atoms with Crippen molar-refractivity contribution in [2.45, 2.75) is 25.6 Å². The van der Waals surface area contributed by atoms with Crippen LogP contribution >= 0.6 is 0 Å². The molecule has 0 saturated carbocycles. The minimum Gasteiger partial charge on any atom is -0.490 e. The van der Waals surface area contributed by atoms with Crippen LogP contribution in [0.25, 0.3) is 0 Å². The van der Waals surface area contributed by atoms with Gasteiger partial charge in [0.05, 0.1) is 19.8 Å². The van der Waals surface area contributed by atoms with Crippen LogP contribution in [0.15, 0.2) is 18.2 Å². The van der Waals surface area contributed by atoms with Crippen LogP contribution in [0.3, 0.4) is 0 Å². The van der Waals surface area contributed by atoms with Crippen LogP contribution in [0, 0.1) is 5.82 Å². The Morgan fingerprint density at radius 2 is 2.12 bits per heavy atom. The van der Waals surface area contributed by atoms with E-state index >= 15 is 0 Å². The van der Waals surface area contributed by atoms with Crippen LogP contribution in [0.1, 0.15) is 18.4 Å². The fraction of sp³-hybridized carbons (Fsp3) is 0.500. The lowest BCUT2D eigenvalue weighted by Crippen LogP contribution is -2.26. The highest BCUT2D eigenvalue weighted by atomic mass is 19.1. The fourth-order valence-corrected chi connectivity index (χ4v) is 1.76. The van der Waals surface area contributed by atoms with Gasteiger partial charge in [0.1, 0.15) is 17.7 Å². The Labute approximate surface area is 93.8 Å². The van der Waals surface area contributed by atoms with Gasteiger partial charge in [-0.25, -0.2) is 4.39 Å². The van der Waals surface area contributed by atoms with E-state index in [1.54, 1.807) is 6.07 Å². The lowest BCUT2D eigenvalue weighted by molar-refractivity contribution is 0.0247. The monoisotopic (exact) mass is 226 g/mol. The van der Waals surface area contributed by atoms with Gasteiger partial charge in [-0.3, -0.25) is 0 Å². The Bertz CT molecular complexity index is 348. The van der Waals surface area contributed by atoms with Gasteiger partial charge in [-0.05, 0) is 18.2 Å². The summed E-state index contributed by atoms with van der Waals surface area (Å²) in [7, 11) is 0. The van der Waals surface area contributed by atoms with E-state index < -0.39 is 0 Å². The van der Waals surface area contributed by atoms with Crippen molar-refractivity contribution in [1.82, 2.24) is 0 Å². The first kappa shape index (κ1) is 11.4. The van der Waals surface area contributed by atoms with Gasteiger partial charge in [-0.1, -0.05) is 0 Å². The summed E-state index contributed by atoms with van der Waals surface area (Å²) in [5.74, 6) is 0.208. The highest BCUT2D eigenvalue weighted by molar-refractivity contribution is 5.33. The third-order valence-electron chi connectivity index (χ3n) is 2.65. The maximum Gasteiger partial charge on any atom is 0.125 e. The average Bonchev–Trinajstić information content (AvgIpc) is 2.33. The number of benzene rings is 1. The smallest absolute Gasteiger partial charge is 0.125 e. The van der Waals surface area contributed by atoms with Crippen molar-refractivity contribution in [3.8, 4) is 5.75 Å². The summed E-state index contributed by atoms with van der Waals surface area (Å²) in [5, 5.41) is 9.10. The predicted molar refractivity (Wildman–Crippen MR) is 56.8 cm³/mol. The summed E-state index contributed by atoms with van der Waals surface area (Å²) >= 11 is 0. The lowest BCUT2D eigenvalue weighted by atomic mass is 10.1. The molecule has 0 amide bonds. The highest BCUT2D eigenvalue weighted by Crippen LogP contribution is 2.23. The zero-order valence-corrected chi connectivity index (χ0v) is 8.99. The molecule has 1 heterocycles. The maximum absolute atomic E-state index is 12.9. The van der Waals surface area contributed by atoms with E-state index in [1.165, 1.54) is 12.1 Å². The van der Waals surface area contributed by atoms with Gasteiger partial charge in [0.15, 0.2) is 0 Å². The summed E-state index contributed by atoms with van der Waals surface area (Å²) in [6.07, 6.45) is 1.77. The van der Waals surface area contributed by atoms with Gasteiger partial charge in [0.2, 0.25) is 0 Å². The summed E-state index contributed by atoms with van der Waals surface area (Å²) < 4.78 is 23.9. The maximum atomic E-state index is 12.9. The lowest BCUT2D eigenvalue weighted by Gasteiger charge is -2.24. The van der Waals surface area contributed by atoms with Crippen LogP contribution < -0.4 is 4.74 Å². The standard InChI is InChI=1S/C12H15FO3/c13-10-1-2-12(9(7-10)8-14)16-11-3-5-15-6-4-11/h1-2,7,11,14H,3-6,8H2. The zero-order valence-electron chi connectivity index (χ0n) is 8.99. The Hall–Kier alpha value is -1.13. The SMILES string of the molecule is OCc1cc(F)ccc1OC1CCOCC1. The zero-order chi connectivity index (χ0) is 11.4. The van der Waals surface area contributed by atoms with Crippen molar-refractivity contribution in [2.75, 3.05) is 13.2 Å². The van der Waals surface area contributed by atoms with Gasteiger partial charge in [-0.2, -0.15) is 0 Å². The number of hydrogen-bond donors (Lipinski definition) is 1. The number of aliphatic hydroxyl groups is 1. The Kier molecular flexibility index (Phi) is 3.74.